The molecule has 0 atom stereocenters. The molecular weight excluding hydrogens is 302 g/mol. The van der Waals surface area contributed by atoms with Crippen molar-refractivity contribution in [1.82, 2.24) is 24.4 Å². The zero-order valence-corrected chi connectivity index (χ0v) is 14.4. The molecule has 0 aromatic carbocycles. The summed E-state index contributed by atoms with van der Waals surface area (Å²) in [7, 11) is 0. The average Bonchev–Trinajstić information content (AvgIpc) is 2.59. The van der Waals surface area contributed by atoms with Gasteiger partial charge < -0.3 is 0 Å². The van der Waals surface area contributed by atoms with Crippen molar-refractivity contribution >= 4 is 0 Å². The molecule has 2 aromatic heterocycles. The molecule has 1 aliphatic heterocycles. The van der Waals surface area contributed by atoms with Gasteiger partial charge in [-0.3, -0.25) is 14.3 Å². The Labute approximate surface area is 142 Å². The molecule has 0 bridgehead atoms. The van der Waals surface area contributed by atoms with Crippen LogP contribution in [0, 0.1) is 5.92 Å². The van der Waals surface area contributed by atoms with Gasteiger partial charge in [-0.2, -0.15) is 0 Å². The molecule has 1 fully saturated rings. The van der Waals surface area contributed by atoms with Gasteiger partial charge in [-0.25, -0.2) is 15.0 Å². The normalized spacial score (nSPS) is 16.6. The predicted molar refractivity (Wildman–Crippen MR) is 92.6 cm³/mol. The van der Waals surface area contributed by atoms with Gasteiger partial charge in [0.15, 0.2) is 0 Å². The van der Waals surface area contributed by atoms with Crippen LogP contribution in [0.2, 0.25) is 0 Å². The minimum Gasteiger partial charge on any atom is -0.299 e. The zero-order valence-electron chi connectivity index (χ0n) is 14.4. The Bertz CT molecular complexity index is 705. The second kappa shape index (κ2) is 7.66. The summed E-state index contributed by atoms with van der Waals surface area (Å²) in [6.07, 6.45) is 7.30. The summed E-state index contributed by atoms with van der Waals surface area (Å²) in [6, 6.07) is 3.64. The first kappa shape index (κ1) is 16.8. The highest BCUT2D eigenvalue weighted by Crippen LogP contribution is 2.20. The third kappa shape index (κ3) is 4.26. The van der Waals surface area contributed by atoms with Crippen LogP contribution in [0.15, 0.2) is 35.8 Å². The fourth-order valence-electron chi connectivity index (χ4n) is 3.14. The molecule has 3 heterocycles. The highest BCUT2D eigenvalue weighted by Gasteiger charge is 2.20. The summed E-state index contributed by atoms with van der Waals surface area (Å²) in [5.41, 5.74) is 2.00. The molecule has 6 nitrogen and oxygen atoms in total. The molecule has 0 spiro atoms. The average molecular weight is 327 g/mol. The van der Waals surface area contributed by atoms with E-state index in [0.717, 1.165) is 50.4 Å². The molecule has 3 rings (SSSR count). The Balaban J connectivity index is 1.53. The van der Waals surface area contributed by atoms with Crippen LogP contribution in [0.4, 0.5) is 0 Å². The number of nitrogens with zero attached hydrogens (tertiary/aromatic N) is 5. The SMILES string of the molecule is CC(C)c1cc(=O)n(CC2CCN(Cc3ccncn3)CC2)cn1. The Morgan fingerprint density at radius 2 is 2.04 bits per heavy atom. The molecule has 0 aliphatic carbocycles. The molecule has 1 aliphatic rings. The van der Waals surface area contributed by atoms with Crippen LogP contribution in [0.5, 0.6) is 0 Å². The van der Waals surface area contributed by atoms with Gasteiger partial charge in [-0.15, -0.1) is 0 Å². The van der Waals surface area contributed by atoms with Crippen LogP contribution in [0.3, 0.4) is 0 Å². The van der Waals surface area contributed by atoms with Gasteiger partial charge in [0.05, 0.1) is 17.7 Å². The van der Waals surface area contributed by atoms with Crippen LogP contribution in [-0.2, 0) is 13.1 Å². The van der Waals surface area contributed by atoms with Crippen molar-refractivity contribution in [2.24, 2.45) is 5.92 Å². The Kier molecular flexibility index (Phi) is 5.35. The van der Waals surface area contributed by atoms with E-state index in [2.05, 4.69) is 33.7 Å². The smallest absolute Gasteiger partial charge is 0.253 e. The lowest BCUT2D eigenvalue weighted by Crippen LogP contribution is -2.36. The lowest BCUT2D eigenvalue weighted by molar-refractivity contribution is 0.164. The van der Waals surface area contributed by atoms with Crippen molar-refractivity contribution in [2.75, 3.05) is 13.1 Å². The van der Waals surface area contributed by atoms with E-state index in [0.29, 0.717) is 5.92 Å². The number of likely N-dealkylation sites (tertiary alicyclic amines) is 1. The Morgan fingerprint density at radius 3 is 2.67 bits per heavy atom. The van der Waals surface area contributed by atoms with Crippen LogP contribution < -0.4 is 5.56 Å². The van der Waals surface area contributed by atoms with Crippen molar-refractivity contribution in [3.63, 3.8) is 0 Å². The van der Waals surface area contributed by atoms with Gasteiger partial charge in [-0.05, 0) is 43.8 Å². The van der Waals surface area contributed by atoms with Gasteiger partial charge in [0.2, 0.25) is 0 Å². The minimum absolute atomic E-state index is 0.0668. The van der Waals surface area contributed by atoms with E-state index in [-0.39, 0.29) is 11.5 Å². The Morgan fingerprint density at radius 1 is 1.25 bits per heavy atom. The lowest BCUT2D eigenvalue weighted by Gasteiger charge is -2.31. The van der Waals surface area contributed by atoms with Crippen molar-refractivity contribution in [3.05, 3.63) is 52.7 Å². The van der Waals surface area contributed by atoms with Crippen molar-refractivity contribution in [1.29, 1.82) is 0 Å². The van der Waals surface area contributed by atoms with Crippen LogP contribution in [0.1, 0.15) is 44.0 Å². The molecular formula is C18H25N5O. The van der Waals surface area contributed by atoms with Crippen LogP contribution in [-0.4, -0.2) is 37.5 Å². The topological polar surface area (TPSA) is 63.9 Å². The highest BCUT2D eigenvalue weighted by atomic mass is 16.1. The molecule has 0 amide bonds. The van der Waals surface area contributed by atoms with Crippen LogP contribution >= 0.6 is 0 Å². The van der Waals surface area contributed by atoms with Crippen LogP contribution in [0.25, 0.3) is 0 Å². The van der Waals surface area contributed by atoms with E-state index >= 15 is 0 Å². The predicted octanol–water partition coefficient (Wildman–Crippen LogP) is 2.07. The monoisotopic (exact) mass is 327 g/mol. The Hall–Kier alpha value is -2.08. The maximum atomic E-state index is 12.2. The highest BCUT2D eigenvalue weighted by molar-refractivity contribution is 5.04. The second-order valence-electron chi connectivity index (χ2n) is 6.88. The maximum Gasteiger partial charge on any atom is 0.253 e. The third-order valence-electron chi connectivity index (χ3n) is 4.68. The van der Waals surface area contributed by atoms with E-state index in [4.69, 9.17) is 0 Å². The summed E-state index contributed by atoms with van der Waals surface area (Å²) in [5.74, 6) is 0.827. The summed E-state index contributed by atoms with van der Waals surface area (Å²) in [6.45, 7) is 7.84. The maximum absolute atomic E-state index is 12.2. The molecule has 2 aromatic rings. The summed E-state index contributed by atoms with van der Waals surface area (Å²) < 4.78 is 1.76. The van der Waals surface area contributed by atoms with Gasteiger partial charge in [0.25, 0.3) is 5.56 Å². The molecule has 0 N–H and O–H groups in total. The van der Waals surface area contributed by atoms with Gasteiger partial charge in [0, 0.05) is 25.4 Å². The molecule has 0 unspecified atom stereocenters. The van der Waals surface area contributed by atoms with E-state index in [1.54, 1.807) is 29.5 Å². The number of hydrogen-bond acceptors (Lipinski definition) is 5. The molecule has 6 heteroatoms. The number of aromatic nitrogens is 4. The van der Waals surface area contributed by atoms with E-state index < -0.39 is 0 Å². The molecule has 1 saturated heterocycles. The lowest BCUT2D eigenvalue weighted by atomic mass is 9.96. The molecule has 0 radical (unpaired) electrons. The number of piperidine rings is 1. The van der Waals surface area contributed by atoms with Crippen molar-refractivity contribution in [2.45, 2.75) is 45.7 Å². The fourth-order valence-corrected chi connectivity index (χ4v) is 3.14. The fraction of sp³-hybridized carbons (Fsp3) is 0.556. The first-order valence-corrected chi connectivity index (χ1v) is 8.65. The summed E-state index contributed by atoms with van der Waals surface area (Å²) in [4.78, 5) is 27.3. The zero-order chi connectivity index (χ0) is 16.9. The summed E-state index contributed by atoms with van der Waals surface area (Å²) >= 11 is 0. The largest absolute Gasteiger partial charge is 0.299 e. The van der Waals surface area contributed by atoms with Crippen molar-refractivity contribution < 1.29 is 0 Å². The van der Waals surface area contributed by atoms with Gasteiger partial charge >= 0.3 is 0 Å². The molecule has 24 heavy (non-hydrogen) atoms. The van der Waals surface area contributed by atoms with Gasteiger partial charge in [0.1, 0.15) is 6.33 Å². The van der Waals surface area contributed by atoms with E-state index in [1.165, 1.54) is 0 Å². The minimum atomic E-state index is 0.0668. The standard InChI is InChI=1S/C18H25N5O/c1-14(2)17-9-18(24)23(13-21-17)10-15-4-7-22(8-5-15)11-16-3-6-19-12-20-16/h3,6,9,12-15H,4-5,7-8,10-11H2,1-2H3. The summed E-state index contributed by atoms with van der Waals surface area (Å²) in [5, 5.41) is 0. The second-order valence-corrected chi connectivity index (χ2v) is 6.88. The number of hydrogen-bond donors (Lipinski definition) is 0. The first-order valence-electron chi connectivity index (χ1n) is 8.65. The van der Waals surface area contributed by atoms with Gasteiger partial charge in [-0.1, -0.05) is 13.8 Å². The first-order chi connectivity index (χ1) is 11.6. The third-order valence-corrected chi connectivity index (χ3v) is 4.68. The molecule has 0 saturated carbocycles. The number of rotatable bonds is 5. The van der Waals surface area contributed by atoms with Crippen molar-refractivity contribution in [3.8, 4) is 0 Å². The quantitative estimate of drug-likeness (QED) is 0.841. The van der Waals surface area contributed by atoms with E-state index in [1.807, 2.05) is 6.07 Å². The molecule has 128 valence electrons. The van der Waals surface area contributed by atoms with E-state index in [9.17, 15) is 4.79 Å².